The quantitative estimate of drug-likeness (QED) is 0.0964. The van der Waals surface area contributed by atoms with Gasteiger partial charge in [-0.2, -0.15) is 5.10 Å². The van der Waals surface area contributed by atoms with Crippen molar-refractivity contribution in [2.24, 2.45) is 5.10 Å². The molecule has 0 aliphatic rings. The molecule has 13 heteroatoms. The predicted molar refractivity (Wildman–Crippen MR) is 135 cm³/mol. The monoisotopic (exact) mass is 519 g/mol. The number of nitrogens with one attached hydrogen (secondary N) is 2. The molecule has 13 nitrogen and oxygen atoms in total. The Morgan fingerprint density at radius 3 is 2.11 bits per heavy atom. The zero-order valence-electron chi connectivity index (χ0n) is 19.7. The topological polar surface area (TPSA) is 183 Å². The van der Waals surface area contributed by atoms with E-state index in [1.165, 1.54) is 60.8 Å². The van der Waals surface area contributed by atoms with Crippen LogP contribution in [-0.4, -0.2) is 40.4 Å². The van der Waals surface area contributed by atoms with Gasteiger partial charge in [-0.05, 0) is 48.4 Å². The second-order valence-corrected chi connectivity index (χ2v) is 7.73. The highest BCUT2D eigenvalue weighted by atomic mass is 16.6. The van der Waals surface area contributed by atoms with E-state index in [1.54, 1.807) is 12.1 Å². The predicted octanol–water partition coefficient (Wildman–Crippen LogP) is 3.38. The van der Waals surface area contributed by atoms with Crippen LogP contribution in [0, 0.1) is 20.2 Å². The summed E-state index contributed by atoms with van der Waals surface area (Å²) >= 11 is 0. The fourth-order valence-electron chi connectivity index (χ4n) is 3.08. The molecule has 0 aliphatic heterocycles. The maximum absolute atomic E-state index is 12.2. The third-order valence-electron chi connectivity index (χ3n) is 4.97. The van der Waals surface area contributed by atoms with Crippen LogP contribution in [0.3, 0.4) is 0 Å². The molecule has 2 N–H and O–H groups in total. The van der Waals surface area contributed by atoms with E-state index in [9.17, 15) is 34.6 Å². The van der Waals surface area contributed by atoms with E-state index in [4.69, 9.17) is 4.74 Å². The Morgan fingerprint density at radius 2 is 1.47 bits per heavy atom. The molecular formula is C25H21N5O8. The Hall–Kier alpha value is -5.46. The number of nitro groups is 2. The summed E-state index contributed by atoms with van der Waals surface area (Å²) in [6, 6.07) is 16.7. The van der Waals surface area contributed by atoms with Gasteiger partial charge in [0.1, 0.15) is 5.75 Å². The second-order valence-electron chi connectivity index (χ2n) is 7.73. The van der Waals surface area contributed by atoms with Gasteiger partial charge in [0.2, 0.25) is 5.91 Å². The van der Waals surface area contributed by atoms with E-state index in [0.717, 1.165) is 6.07 Å². The molecule has 0 bridgehead atoms. The lowest BCUT2D eigenvalue weighted by Gasteiger charge is -2.05. The summed E-state index contributed by atoms with van der Waals surface area (Å²) in [5.41, 5.74) is 2.73. The lowest BCUT2D eigenvalue weighted by Crippen LogP contribution is -2.26. The molecule has 0 atom stereocenters. The molecule has 3 rings (SSSR count). The molecule has 0 unspecified atom stereocenters. The Bertz CT molecular complexity index is 1390. The molecule has 0 aromatic heterocycles. The van der Waals surface area contributed by atoms with Crippen LogP contribution in [0.1, 0.15) is 39.1 Å². The van der Waals surface area contributed by atoms with Crippen LogP contribution >= 0.6 is 0 Å². The third-order valence-corrected chi connectivity index (χ3v) is 4.97. The van der Waals surface area contributed by atoms with Crippen molar-refractivity contribution >= 4 is 35.4 Å². The summed E-state index contributed by atoms with van der Waals surface area (Å²) in [6.45, 7) is 0.190. The van der Waals surface area contributed by atoms with Crippen LogP contribution in [0.15, 0.2) is 77.9 Å². The molecule has 3 aromatic rings. The first-order valence-corrected chi connectivity index (χ1v) is 11.1. The van der Waals surface area contributed by atoms with Gasteiger partial charge in [0, 0.05) is 42.8 Å². The fourth-order valence-corrected chi connectivity index (χ4v) is 3.08. The first-order valence-electron chi connectivity index (χ1n) is 11.1. The summed E-state index contributed by atoms with van der Waals surface area (Å²) in [5.74, 6) is -1.39. The van der Waals surface area contributed by atoms with Gasteiger partial charge in [-0.25, -0.2) is 10.2 Å². The minimum Gasteiger partial charge on any atom is -0.423 e. The number of hydrogen-bond acceptors (Lipinski definition) is 9. The number of carbonyl (C=O) groups is 3. The van der Waals surface area contributed by atoms with E-state index < -0.39 is 21.7 Å². The lowest BCUT2D eigenvalue weighted by molar-refractivity contribution is -0.385. The van der Waals surface area contributed by atoms with Crippen LogP contribution in [0.4, 0.5) is 11.4 Å². The summed E-state index contributed by atoms with van der Waals surface area (Å²) in [5, 5.41) is 28.1. The molecule has 0 radical (unpaired) electrons. The molecule has 0 heterocycles. The van der Waals surface area contributed by atoms with Gasteiger partial charge >= 0.3 is 5.97 Å². The Morgan fingerprint density at radius 1 is 0.868 bits per heavy atom. The number of hydrazone groups is 1. The molecule has 3 aromatic carbocycles. The molecule has 0 spiro atoms. The molecule has 0 fully saturated rings. The van der Waals surface area contributed by atoms with Crippen molar-refractivity contribution < 1.29 is 29.0 Å². The molecule has 2 amide bonds. The summed E-state index contributed by atoms with van der Waals surface area (Å²) in [6.07, 6.45) is 1.79. The van der Waals surface area contributed by atoms with Crippen LogP contribution in [-0.2, 0) is 4.79 Å². The number of ether oxygens (including phenoxy) is 1. The lowest BCUT2D eigenvalue weighted by atomic mass is 10.2. The maximum Gasteiger partial charge on any atom is 0.343 e. The van der Waals surface area contributed by atoms with Gasteiger partial charge in [0.05, 0.1) is 21.6 Å². The largest absolute Gasteiger partial charge is 0.423 e. The number of esters is 1. The average Bonchev–Trinajstić information content (AvgIpc) is 2.92. The van der Waals surface area contributed by atoms with Gasteiger partial charge < -0.3 is 10.1 Å². The summed E-state index contributed by atoms with van der Waals surface area (Å²) in [4.78, 5) is 56.7. The highest BCUT2D eigenvalue weighted by Crippen LogP contribution is 2.17. The van der Waals surface area contributed by atoms with Crippen molar-refractivity contribution in [2.75, 3.05) is 6.54 Å². The average molecular weight is 519 g/mol. The molecule has 0 saturated heterocycles. The van der Waals surface area contributed by atoms with Gasteiger partial charge in [-0.3, -0.25) is 29.8 Å². The van der Waals surface area contributed by atoms with Crippen LogP contribution in [0.25, 0.3) is 0 Å². The zero-order valence-corrected chi connectivity index (χ0v) is 19.7. The Labute approximate surface area is 215 Å². The van der Waals surface area contributed by atoms with E-state index in [1.807, 2.05) is 0 Å². The van der Waals surface area contributed by atoms with Crippen LogP contribution in [0.5, 0.6) is 5.75 Å². The number of nitrogens with zero attached hydrogens (tertiary/aromatic N) is 3. The van der Waals surface area contributed by atoms with Gasteiger partial charge in [-0.1, -0.05) is 12.1 Å². The number of non-ortho nitro benzene ring substituents is 2. The summed E-state index contributed by atoms with van der Waals surface area (Å²) in [7, 11) is 0. The van der Waals surface area contributed by atoms with Crippen molar-refractivity contribution in [1.82, 2.24) is 10.7 Å². The van der Waals surface area contributed by atoms with Gasteiger partial charge in [0.15, 0.2) is 0 Å². The normalized spacial score (nSPS) is 10.5. The van der Waals surface area contributed by atoms with E-state index in [-0.39, 0.29) is 47.1 Å². The fraction of sp³-hybridized carbons (Fsp3) is 0.120. The van der Waals surface area contributed by atoms with E-state index >= 15 is 0 Å². The number of hydrogen-bond donors (Lipinski definition) is 2. The van der Waals surface area contributed by atoms with Crippen molar-refractivity contribution in [3.63, 3.8) is 0 Å². The molecule has 194 valence electrons. The van der Waals surface area contributed by atoms with Gasteiger partial charge in [-0.15, -0.1) is 0 Å². The van der Waals surface area contributed by atoms with Crippen molar-refractivity contribution in [2.45, 2.75) is 12.8 Å². The number of carbonyl (C=O) groups excluding carboxylic acids is 3. The van der Waals surface area contributed by atoms with Crippen molar-refractivity contribution in [3.05, 3.63) is 110 Å². The second kappa shape index (κ2) is 13.0. The third kappa shape index (κ3) is 8.05. The highest BCUT2D eigenvalue weighted by Gasteiger charge is 2.14. The van der Waals surface area contributed by atoms with Crippen molar-refractivity contribution in [1.29, 1.82) is 0 Å². The van der Waals surface area contributed by atoms with E-state index in [0.29, 0.717) is 12.0 Å². The SMILES string of the molecule is O=C(CCCNC(=O)c1cccc([N+](=O)[O-])c1)N/N=C\c1ccc(OC(=O)c2cccc([N+](=O)[O-])c2)cc1. The minimum absolute atomic E-state index is 0.0381. The molecule has 0 aliphatic carbocycles. The first-order chi connectivity index (χ1) is 18.2. The molecular weight excluding hydrogens is 498 g/mol. The van der Waals surface area contributed by atoms with Crippen molar-refractivity contribution in [3.8, 4) is 5.75 Å². The van der Waals surface area contributed by atoms with E-state index in [2.05, 4.69) is 15.8 Å². The zero-order chi connectivity index (χ0) is 27.5. The molecule has 38 heavy (non-hydrogen) atoms. The highest BCUT2D eigenvalue weighted by molar-refractivity contribution is 5.94. The number of amides is 2. The number of rotatable bonds is 11. The smallest absolute Gasteiger partial charge is 0.343 e. The number of benzene rings is 3. The minimum atomic E-state index is -0.747. The summed E-state index contributed by atoms with van der Waals surface area (Å²) < 4.78 is 5.21. The van der Waals surface area contributed by atoms with Crippen LogP contribution < -0.4 is 15.5 Å². The van der Waals surface area contributed by atoms with Gasteiger partial charge in [0.25, 0.3) is 17.3 Å². The first kappa shape index (κ1) is 27.1. The standard InChI is InChI=1S/C25H21N5O8/c31-23(8-3-13-26-24(32)18-4-1-6-20(14-18)29(34)35)28-27-16-17-9-11-22(12-10-17)38-25(33)19-5-2-7-21(15-19)30(36)37/h1-2,4-7,9-12,14-16H,3,8,13H2,(H,26,32)(H,28,31)/b27-16-. The Kier molecular flexibility index (Phi) is 9.29. The molecule has 0 saturated carbocycles. The van der Waals surface area contributed by atoms with Crippen LogP contribution in [0.2, 0.25) is 0 Å². The number of nitro benzene ring substituents is 2. The maximum atomic E-state index is 12.2. The Balaban J connectivity index is 1.39.